The van der Waals surface area contributed by atoms with Crippen LogP contribution in [0.1, 0.15) is 27.7 Å². The summed E-state index contributed by atoms with van der Waals surface area (Å²) in [6.07, 6.45) is 0. The smallest absolute Gasteiger partial charge is 0.0506 e. The number of hydrogen-bond acceptors (Lipinski definition) is 2. The molecule has 1 rings (SSSR count). The van der Waals surface area contributed by atoms with Crippen molar-refractivity contribution < 1.29 is 4.74 Å². The summed E-state index contributed by atoms with van der Waals surface area (Å²) >= 11 is 0. The summed E-state index contributed by atoms with van der Waals surface area (Å²) in [6.45, 7) is 10.7. The molecule has 1 saturated heterocycles. The Kier molecular flexibility index (Phi) is 3.53. The monoisotopic (exact) mass is 171 g/mol. The third kappa shape index (κ3) is 2.46. The standard InChI is InChI=1S/C10H21NO/c1-7(2)11-10-8(3)5-12-6-9(10)4/h7-11H,5-6H2,1-4H3. The van der Waals surface area contributed by atoms with E-state index < -0.39 is 0 Å². The van der Waals surface area contributed by atoms with E-state index in [0.717, 1.165) is 13.2 Å². The summed E-state index contributed by atoms with van der Waals surface area (Å²) in [5.41, 5.74) is 0. The van der Waals surface area contributed by atoms with Crippen molar-refractivity contribution in [3.8, 4) is 0 Å². The van der Waals surface area contributed by atoms with E-state index in [9.17, 15) is 0 Å². The van der Waals surface area contributed by atoms with E-state index in [1.54, 1.807) is 0 Å². The molecule has 0 bridgehead atoms. The molecule has 1 heterocycles. The zero-order chi connectivity index (χ0) is 9.14. The van der Waals surface area contributed by atoms with Crippen molar-refractivity contribution >= 4 is 0 Å². The van der Waals surface area contributed by atoms with Gasteiger partial charge in [0, 0.05) is 12.1 Å². The van der Waals surface area contributed by atoms with Crippen LogP contribution in [0.15, 0.2) is 0 Å². The highest BCUT2D eigenvalue weighted by molar-refractivity contribution is 4.82. The van der Waals surface area contributed by atoms with Gasteiger partial charge in [0.05, 0.1) is 13.2 Å². The molecule has 1 aliphatic heterocycles. The largest absolute Gasteiger partial charge is 0.381 e. The van der Waals surface area contributed by atoms with Crippen LogP contribution in [-0.2, 0) is 4.74 Å². The van der Waals surface area contributed by atoms with E-state index in [-0.39, 0.29) is 0 Å². The fourth-order valence-electron chi connectivity index (χ4n) is 1.92. The van der Waals surface area contributed by atoms with Gasteiger partial charge in [0.15, 0.2) is 0 Å². The molecule has 2 nitrogen and oxygen atoms in total. The predicted octanol–water partition coefficient (Wildman–Crippen LogP) is 1.66. The van der Waals surface area contributed by atoms with Crippen LogP contribution in [-0.4, -0.2) is 25.3 Å². The topological polar surface area (TPSA) is 21.3 Å². The molecule has 0 radical (unpaired) electrons. The first-order valence-electron chi connectivity index (χ1n) is 4.95. The lowest BCUT2D eigenvalue weighted by molar-refractivity contribution is -0.000186. The SMILES string of the molecule is CC(C)NC1C(C)COCC1C. The molecule has 12 heavy (non-hydrogen) atoms. The molecule has 1 fully saturated rings. The van der Waals surface area contributed by atoms with Gasteiger partial charge in [0.2, 0.25) is 0 Å². The minimum atomic E-state index is 0.581. The highest BCUT2D eigenvalue weighted by Crippen LogP contribution is 2.19. The molecular weight excluding hydrogens is 150 g/mol. The van der Waals surface area contributed by atoms with Crippen LogP contribution in [0.3, 0.4) is 0 Å². The van der Waals surface area contributed by atoms with Gasteiger partial charge in [0.25, 0.3) is 0 Å². The average Bonchev–Trinajstić information content (AvgIpc) is 1.97. The van der Waals surface area contributed by atoms with Crippen molar-refractivity contribution in [2.45, 2.75) is 39.8 Å². The van der Waals surface area contributed by atoms with E-state index in [2.05, 4.69) is 33.0 Å². The second-order valence-electron chi connectivity index (χ2n) is 4.34. The van der Waals surface area contributed by atoms with E-state index in [1.165, 1.54) is 0 Å². The fraction of sp³-hybridized carbons (Fsp3) is 1.00. The van der Waals surface area contributed by atoms with Crippen LogP contribution in [0.5, 0.6) is 0 Å². The predicted molar refractivity (Wildman–Crippen MR) is 51.2 cm³/mol. The molecular formula is C10H21NO. The van der Waals surface area contributed by atoms with Crippen LogP contribution < -0.4 is 5.32 Å². The van der Waals surface area contributed by atoms with E-state index in [0.29, 0.717) is 23.9 Å². The van der Waals surface area contributed by atoms with Gasteiger partial charge in [-0.15, -0.1) is 0 Å². The Morgan fingerprint density at radius 3 is 2.08 bits per heavy atom. The summed E-state index contributed by atoms with van der Waals surface area (Å²) in [6, 6.07) is 1.22. The molecule has 0 amide bonds. The molecule has 1 N–H and O–H groups in total. The Balaban J connectivity index is 2.45. The lowest BCUT2D eigenvalue weighted by Gasteiger charge is -2.36. The molecule has 2 unspecified atom stereocenters. The van der Waals surface area contributed by atoms with E-state index >= 15 is 0 Å². The van der Waals surface area contributed by atoms with Crippen molar-refractivity contribution in [1.29, 1.82) is 0 Å². The molecule has 1 aliphatic rings. The van der Waals surface area contributed by atoms with Crippen LogP contribution in [0.4, 0.5) is 0 Å². The average molecular weight is 171 g/mol. The molecule has 0 aromatic carbocycles. The number of nitrogens with one attached hydrogen (secondary N) is 1. The van der Waals surface area contributed by atoms with E-state index in [4.69, 9.17) is 4.74 Å². The van der Waals surface area contributed by atoms with Crippen molar-refractivity contribution in [2.24, 2.45) is 11.8 Å². The van der Waals surface area contributed by atoms with Crippen molar-refractivity contribution in [3.05, 3.63) is 0 Å². The van der Waals surface area contributed by atoms with Crippen molar-refractivity contribution in [1.82, 2.24) is 5.32 Å². The lowest BCUT2D eigenvalue weighted by atomic mass is 9.89. The van der Waals surface area contributed by atoms with Gasteiger partial charge in [0.1, 0.15) is 0 Å². The first-order valence-corrected chi connectivity index (χ1v) is 4.95. The van der Waals surface area contributed by atoms with Gasteiger partial charge >= 0.3 is 0 Å². The summed E-state index contributed by atoms with van der Waals surface area (Å²) in [5, 5.41) is 3.60. The quantitative estimate of drug-likeness (QED) is 0.682. The van der Waals surface area contributed by atoms with Crippen LogP contribution in [0.25, 0.3) is 0 Å². The molecule has 0 aromatic heterocycles. The normalized spacial score (nSPS) is 37.2. The lowest BCUT2D eigenvalue weighted by Crippen LogP contribution is -2.49. The van der Waals surface area contributed by atoms with Gasteiger partial charge in [-0.05, 0) is 11.8 Å². The Labute approximate surface area is 75.7 Å². The van der Waals surface area contributed by atoms with Gasteiger partial charge in [-0.3, -0.25) is 0 Å². The van der Waals surface area contributed by atoms with Gasteiger partial charge in [-0.1, -0.05) is 27.7 Å². The second kappa shape index (κ2) is 4.24. The minimum absolute atomic E-state index is 0.581. The van der Waals surface area contributed by atoms with Crippen LogP contribution >= 0.6 is 0 Å². The molecule has 2 heteroatoms. The summed E-state index contributed by atoms with van der Waals surface area (Å²) in [5.74, 6) is 1.30. The van der Waals surface area contributed by atoms with Crippen LogP contribution in [0.2, 0.25) is 0 Å². The van der Waals surface area contributed by atoms with E-state index in [1.807, 2.05) is 0 Å². The number of hydrogen-bond donors (Lipinski definition) is 1. The first kappa shape index (κ1) is 10.0. The van der Waals surface area contributed by atoms with Crippen molar-refractivity contribution in [2.75, 3.05) is 13.2 Å². The second-order valence-corrected chi connectivity index (χ2v) is 4.34. The molecule has 72 valence electrons. The Bertz CT molecular complexity index is 126. The van der Waals surface area contributed by atoms with Gasteiger partial charge in [-0.2, -0.15) is 0 Å². The molecule has 0 saturated carbocycles. The van der Waals surface area contributed by atoms with Crippen LogP contribution in [0, 0.1) is 11.8 Å². The molecule has 0 spiro atoms. The summed E-state index contributed by atoms with van der Waals surface area (Å²) < 4.78 is 5.47. The number of rotatable bonds is 2. The highest BCUT2D eigenvalue weighted by Gasteiger charge is 2.28. The zero-order valence-electron chi connectivity index (χ0n) is 8.63. The highest BCUT2D eigenvalue weighted by atomic mass is 16.5. The fourth-order valence-corrected chi connectivity index (χ4v) is 1.92. The molecule has 0 aliphatic carbocycles. The maximum absolute atomic E-state index is 5.47. The Hall–Kier alpha value is -0.0800. The maximum Gasteiger partial charge on any atom is 0.0506 e. The third-order valence-electron chi connectivity index (χ3n) is 2.51. The zero-order valence-corrected chi connectivity index (χ0v) is 8.63. The summed E-state index contributed by atoms with van der Waals surface area (Å²) in [7, 11) is 0. The Morgan fingerprint density at radius 2 is 1.67 bits per heavy atom. The Morgan fingerprint density at radius 1 is 1.17 bits per heavy atom. The minimum Gasteiger partial charge on any atom is -0.381 e. The molecule has 0 aromatic rings. The third-order valence-corrected chi connectivity index (χ3v) is 2.51. The first-order chi connectivity index (χ1) is 5.61. The number of ether oxygens (including phenoxy) is 1. The van der Waals surface area contributed by atoms with Gasteiger partial charge in [-0.25, -0.2) is 0 Å². The van der Waals surface area contributed by atoms with Crippen molar-refractivity contribution in [3.63, 3.8) is 0 Å². The molecule has 2 atom stereocenters. The van der Waals surface area contributed by atoms with Gasteiger partial charge < -0.3 is 10.1 Å². The maximum atomic E-state index is 5.47. The summed E-state index contributed by atoms with van der Waals surface area (Å²) in [4.78, 5) is 0.